The number of nitrogens with zero attached hydrogens (tertiary/aromatic N) is 4. The first-order valence-electron chi connectivity index (χ1n) is 44.3. The molecule has 4 rings (SSSR count). The maximum absolute atomic E-state index is 13.4. The largest absolute Gasteiger partial charge is 0.487 e. The molecule has 1 heterocycles. The van der Waals surface area contributed by atoms with Crippen LogP contribution in [0.3, 0.4) is 0 Å². The van der Waals surface area contributed by atoms with Crippen LogP contribution in [0.25, 0.3) is 0 Å². The number of rotatable bonds is 26. The van der Waals surface area contributed by atoms with E-state index in [4.69, 9.17) is 0 Å². The van der Waals surface area contributed by atoms with Gasteiger partial charge in [0.15, 0.2) is 11.6 Å². The van der Waals surface area contributed by atoms with Crippen LogP contribution in [0, 0.1) is 43.3 Å². The third-order valence-corrected chi connectivity index (χ3v) is 22.9. The molecule has 1 fully saturated rings. The zero-order valence-corrected chi connectivity index (χ0v) is 83.6. The number of hydrogen-bond donors (Lipinski definition) is 0. The summed E-state index contributed by atoms with van der Waals surface area (Å²) in [5.41, 5.74) is 19.9. The number of amides is 4. The summed E-state index contributed by atoms with van der Waals surface area (Å²) < 4.78 is 40.3. The van der Waals surface area contributed by atoms with Gasteiger partial charge in [-0.3, -0.25) is 28.8 Å². The molecule has 13 heteroatoms. The zero-order chi connectivity index (χ0) is 95.1. The van der Waals surface area contributed by atoms with Crippen LogP contribution >= 0.6 is 0 Å². The third kappa shape index (κ3) is 41.8. The molecule has 0 spiro atoms. The van der Waals surface area contributed by atoms with Crippen molar-refractivity contribution in [3.05, 3.63) is 259 Å². The van der Waals surface area contributed by atoms with E-state index in [1.165, 1.54) is 122 Å². The van der Waals surface area contributed by atoms with E-state index >= 15 is 0 Å². The Bertz CT molecular complexity index is 4400. The molecule has 0 N–H and O–H groups in total. The molecule has 0 aromatic carbocycles. The van der Waals surface area contributed by atoms with Gasteiger partial charge in [-0.15, -0.1) is 13.2 Å². The fourth-order valence-corrected chi connectivity index (χ4v) is 14.9. The van der Waals surface area contributed by atoms with Crippen molar-refractivity contribution in [2.45, 2.75) is 312 Å². The van der Waals surface area contributed by atoms with Gasteiger partial charge in [-0.1, -0.05) is 336 Å². The summed E-state index contributed by atoms with van der Waals surface area (Å²) in [4.78, 5) is 78.8. The summed E-state index contributed by atoms with van der Waals surface area (Å²) in [6.45, 7) is 78.6. The molecule has 682 valence electrons. The second-order valence-corrected chi connectivity index (χ2v) is 42.1. The van der Waals surface area contributed by atoms with E-state index in [1.54, 1.807) is 72.2 Å². The molecule has 1 aliphatic heterocycles. The zero-order valence-electron chi connectivity index (χ0n) is 83.6. The molecule has 0 radical (unpaired) electrons. The Morgan fingerprint density at radius 2 is 0.724 bits per heavy atom. The van der Waals surface area contributed by atoms with Crippen LogP contribution in [0.1, 0.15) is 300 Å². The fraction of sp³-hybridized carbons (Fsp3) is 0.545. The lowest BCUT2D eigenvalue weighted by molar-refractivity contribution is -0.236. The normalized spacial score (nSPS) is 18.6. The van der Waals surface area contributed by atoms with Gasteiger partial charge in [0.2, 0.25) is 17.7 Å². The Hall–Kier alpha value is -8.71. The van der Waals surface area contributed by atoms with Crippen molar-refractivity contribution in [2.24, 2.45) is 43.3 Å². The maximum atomic E-state index is 13.4. The molecule has 0 aromatic rings. The van der Waals surface area contributed by atoms with Gasteiger partial charge in [-0.2, -0.15) is 0 Å². The van der Waals surface area contributed by atoms with Gasteiger partial charge in [0.05, 0.1) is 25.7 Å². The fourth-order valence-electron chi connectivity index (χ4n) is 14.9. The van der Waals surface area contributed by atoms with E-state index < -0.39 is 35.0 Å². The molecule has 10 nitrogen and oxygen atoms in total. The lowest BCUT2D eigenvalue weighted by Crippen LogP contribution is -2.44. The minimum Gasteiger partial charge on any atom is -0.335 e. The van der Waals surface area contributed by atoms with Crippen molar-refractivity contribution in [2.75, 3.05) is 40.3 Å². The first-order valence-corrected chi connectivity index (χ1v) is 44.3. The SMILES string of the molecule is C=C(CN(C(=O)/C=C(C)/C=C/C=C(C)\C=C\C1=C(C)CCCC1(C)C)C(F)(F)F)C(C)(C)C.C=C1CCN(C(=O)/C=C(C)/C=C/C=C(C)\C=C\C2=C(C)CCCC2(C)C)C1C(C)(C)C.CC(C)=C(/C=C/C(C)=C\C=C\C(C)=C\C(=O)N(C)CC(=O)C(C)(C)C)C(C)(C)C.CC1=C(/C=C/C(C)=C\C=C\C(C)=C\C(=O)N(C)CC(=O)C(C)(C)C)C(C)(C)CCC1. The van der Waals surface area contributed by atoms with Gasteiger partial charge in [-0.25, -0.2) is 4.90 Å². The summed E-state index contributed by atoms with van der Waals surface area (Å²) in [6, 6.07) is 0.113. The summed E-state index contributed by atoms with van der Waals surface area (Å²) >= 11 is 0. The number of ketones is 2. The Morgan fingerprint density at radius 3 is 1.00 bits per heavy atom. The van der Waals surface area contributed by atoms with Gasteiger partial charge in [0.25, 0.3) is 5.91 Å². The van der Waals surface area contributed by atoms with E-state index in [2.05, 4.69) is 212 Å². The Balaban J connectivity index is 0.000000821. The number of carbonyl (C=O) groups excluding carboxylic acids is 6. The van der Waals surface area contributed by atoms with Gasteiger partial charge in [-0.05, 0) is 231 Å². The Morgan fingerprint density at radius 1 is 0.415 bits per heavy atom. The number of carbonyl (C=O) groups is 6. The van der Waals surface area contributed by atoms with E-state index in [0.29, 0.717) is 11.1 Å². The number of likely N-dealkylation sites (tertiary alicyclic amines) is 1. The molecule has 3 aliphatic carbocycles. The molecule has 1 atom stereocenters. The maximum Gasteiger partial charge on any atom is 0.487 e. The van der Waals surface area contributed by atoms with Crippen LogP contribution in [0.2, 0.25) is 0 Å². The van der Waals surface area contributed by atoms with Gasteiger partial charge >= 0.3 is 6.30 Å². The predicted molar refractivity (Wildman–Crippen MR) is 521 cm³/mol. The average molecular weight is 1700 g/mol. The summed E-state index contributed by atoms with van der Waals surface area (Å²) in [7, 11) is 3.32. The van der Waals surface area contributed by atoms with Crippen molar-refractivity contribution >= 4 is 35.2 Å². The first-order chi connectivity index (χ1) is 56.1. The number of likely N-dealkylation sites (N-methyl/N-ethyl adjacent to an activating group) is 2. The summed E-state index contributed by atoms with van der Waals surface area (Å²) in [5.74, 6) is -1.23. The number of Topliss-reactive ketones (excluding diaryl/α,β-unsaturated/α-hetero) is 2. The minimum atomic E-state index is -4.77. The third-order valence-electron chi connectivity index (χ3n) is 22.9. The number of hydrogen-bond acceptors (Lipinski definition) is 6. The average Bonchev–Trinajstić information content (AvgIpc) is 1.54. The quantitative estimate of drug-likeness (QED) is 0.0369. The minimum absolute atomic E-state index is 0.00764. The Kier molecular flexibility index (Phi) is 45.0. The molecule has 1 saturated heterocycles. The molecule has 0 bridgehead atoms. The van der Waals surface area contributed by atoms with Crippen molar-refractivity contribution in [3.63, 3.8) is 0 Å². The first kappa shape index (κ1) is 112. The second-order valence-electron chi connectivity index (χ2n) is 42.1. The predicted octanol–water partition coefficient (Wildman–Crippen LogP) is 29.2. The number of alkyl halides is 3. The van der Waals surface area contributed by atoms with Crippen LogP contribution in [0.15, 0.2) is 259 Å². The highest BCUT2D eigenvalue weighted by molar-refractivity contribution is 5.95. The number of halogens is 3. The van der Waals surface area contributed by atoms with Crippen LogP contribution in [0.4, 0.5) is 13.2 Å². The highest BCUT2D eigenvalue weighted by Gasteiger charge is 2.42. The van der Waals surface area contributed by atoms with Crippen LogP contribution in [-0.4, -0.2) is 107 Å². The standard InChI is InChI=1S/C29H43NO.C28H40F3NO.C27H41NO2.C26H41NO2/c1-21(15-16-25-23(3)14-11-18-29(25,8)9)12-10-13-22(2)20-26(31)30-19-17-24(4)27(30)28(5,6)7;1-20(15-16-24-22(3)14-11-17-27(24,8)9)12-10-13-21(2)18-25(33)32(28(29,30)31)19-23(4)26(5,6)7;1-20(15-16-23-22(3)14-11-17-27(23,7)8)12-10-13-21(2)18-25(30)28(9)19-24(29)26(4,5)6;1-19(2)22(25(5,6)7)16-15-20(3)13-12-14-21(4)17-24(29)27(11)18-23(28)26(8,9)10/h10,12-13,15-16,20,27H,4,11,14,17-19H2,1-3,5-9H3;10,12-13,15-16,18H,4,11,14,17,19H2,1-3,5-9H3;10,12-13,15-16,18H,11,14,17,19H2,1-9H3;12-17H,18H2,1-11H3/b13-10+,16-15+,21-12-,22-20+;2*13-10+,16-15+,20-12-,21-18+;14-12+,16-15+,20-13-,21-17+. The highest BCUT2D eigenvalue weighted by atomic mass is 19.4. The van der Waals surface area contributed by atoms with E-state index in [1.807, 2.05) is 123 Å². The summed E-state index contributed by atoms with van der Waals surface area (Å²) in [6.07, 6.45) is 53.7. The molecular weight excluding hydrogens is 1530 g/mol. The molecule has 4 aliphatic rings. The molecule has 0 aromatic heterocycles. The van der Waals surface area contributed by atoms with Gasteiger partial charge in [0.1, 0.15) is 0 Å². The van der Waals surface area contributed by atoms with E-state index in [-0.39, 0.29) is 80.4 Å². The van der Waals surface area contributed by atoms with Crippen LogP contribution in [0.5, 0.6) is 0 Å². The van der Waals surface area contributed by atoms with Crippen molar-refractivity contribution in [1.82, 2.24) is 19.6 Å². The van der Waals surface area contributed by atoms with Gasteiger partial charge in [0, 0.05) is 55.8 Å². The van der Waals surface area contributed by atoms with E-state index in [9.17, 15) is 41.9 Å². The monoisotopic (exact) mass is 1700 g/mol. The second kappa shape index (κ2) is 49.3. The molecular formula is C110H165F3N4O6. The lowest BCUT2D eigenvalue weighted by Gasteiger charge is -2.35. The Labute approximate surface area is 747 Å². The highest BCUT2D eigenvalue weighted by Crippen LogP contribution is 2.44. The van der Waals surface area contributed by atoms with Crippen molar-refractivity contribution in [1.29, 1.82) is 0 Å². The number of allylic oxidation sites excluding steroid dienone is 36. The van der Waals surface area contributed by atoms with Crippen molar-refractivity contribution in [3.8, 4) is 0 Å². The smallest absolute Gasteiger partial charge is 0.335 e. The van der Waals surface area contributed by atoms with Gasteiger partial charge < -0.3 is 14.7 Å². The van der Waals surface area contributed by atoms with Crippen LogP contribution in [-0.2, 0) is 28.8 Å². The molecule has 123 heavy (non-hydrogen) atoms. The van der Waals surface area contributed by atoms with E-state index in [0.717, 1.165) is 53.3 Å². The lowest BCUT2D eigenvalue weighted by atomic mass is 9.72. The molecule has 1 unspecified atom stereocenters. The summed E-state index contributed by atoms with van der Waals surface area (Å²) in [5, 5.41) is 0. The van der Waals surface area contributed by atoms with Crippen LogP contribution < -0.4 is 0 Å². The molecule has 0 saturated carbocycles. The topological polar surface area (TPSA) is 115 Å². The van der Waals surface area contributed by atoms with Crippen molar-refractivity contribution < 1.29 is 41.9 Å². The molecule has 4 amide bonds.